The molecule has 0 radical (unpaired) electrons. The molecule has 1 rings (SSSR count). The summed E-state index contributed by atoms with van der Waals surface area (Å²) in [4.78, 5) is 0.188. The van der Waals surface area contributed by atoms with E-state index in [2.05, 4.69) is 4.72 Å². The van der Waals surface area contributed by atoms with Crippen molar-refractivity contribution in [1.82, 2.24) is 4.72 Å². The number of nitrogens with one attached hydrogen (secondary N) is 1. The van der Waals surface area contributed by atoms with Crippen molar-refractivity contribution in [3.63, 3.8) is 0 Å². The fourth-order valence-electron chi connectivity index (χ4n) is 1.37. The Morgan fingerprint density at radius 1 is 1.44 bits per heavy atom. The smallest absolute Gasteiger partial charge is 0.240 e. The van der Waals surface area contributed by atoms with E-state index >= 15 is 0 Å². The fraction of sp³-hybridized carbons (Fsp3) is 0.400. The minimum atomic E-state index is -3.42. The van der Waals surface area contributed by atoms with Gasteiger partial charge in [0.2, 0.25) is 10.0 Å². The molecule has 0 aliphatic carbocycles. The Morgan fingerprint density at radius 2 is 2.12 bits per heavy atom. The minimum Gasteiger partial charge on any atom is -0.496 e. The van der Waals surface area contributed by atoms with Crippen LogP contribution in [0, 0.1) is 0 Å². The molecule has 1 aromatic rings. The monoisotopic (exact) mass is 244 g/mol. The molecule has 0 aliphatic rings. The molecule has 0 aromatic heterocycles. The second-order valence-electron chi connectivity index (χ2n) is 3.22. The fourth-order valence-corrected chi connectivity index (χ4v) is 2.12. The number of nitrogens with two attached hydrogens (primary N) is 1. The standard InChI is InChI=1S/C10H16N2O3S/c1-12-16(13,14)9-4-3-8(5-6-11)10(7-9)15-2/h3-4,7,12H,5-6,11H2,1-2H3. The van der Waals surface area contributed by atoms with E-state index in [0.29, 0.717) is 18.7 Å². The predicted octanol–water partition coefficient (Wildman–Crippen LogP) is 0.104. The van der Waals surface area contributed by atoms with Gasteiger partial charge in [-0.1, -0.05) is 6.07 Å². The van der Waals surface area contributed by atoms with E-state index in [1.54, 1.807) is 12.1 Å². The lowest BCUT2D eigenvalue weighted by atomic mass is 10.1. The third-order valence-electron chi connectivity index (χ3n) is 2.25. The number of ether oxygens (including phenoxy) is 1. The van der Waals surface area contributed by atoms with Crippen molar-refractivity contribution in [3.8, 4) is 5.75 Å². The molecule has 5 nitrogen and oxygen atoms in total. The minimum absolute atomic E-state index is 0.188. The Bertz CT molecular complexity index is 457. The van der Waals surface area contributed by atoms with Crippen molar-refractivity contribution < 1.29 is 13.2 Å². The van der Waals surface area contributed by atoms with E-state index in [4.69, 9.17) is 10.5 Å². The molecule has 1 aromatic carbocycles. The zero-order chi connectivity index (χ0) is 12.2. The van der Waals surface area contributed by atoms with Crippen molar-refractivity contribution >= 4 is 10.0 Å². The van der Waals surface area contributed by atoms with E-state index in [1.165, 1.54) is 20.2 Å². The second kappa shape index (κ2) is 5.29. The number of hydrogen-bond acceptors (Lipinski definition) is 4. The summed E-state index contributed by atoms with van der Waals surface area (Å²) in [5.74, 6) is 0.543. The molecule has 3 N–H and O–H groups in total. The van der Waals surface area contributed by atoms with Crippen LogP contribution >= 0.6 is 0 Å². The lowest BCUT2D eigenvalue weighted by Gasteiger charge is -2.10. The van der Waals surface area contributed by atoms with Crippen molar-refractivity contribution in [1.29, 1.82) is 0 Å². The van der Waals surface area contributed by atoms with Crippen LogP contribution in [0.5, 0.6) is 5.75 Å². The van der Waals surface area contributed by atoms with Crippen molar-refractivity contribution in [2.24, 2.45) is 5.73 Å². The lowest BCUT2D eigenvalue weighted by Crippen LogP contribution is -2.18. The van der Waals surface area contributed by atoms with Crippen LogP contribution < -0.4 is 15.2 Å². The van der Waals surface area contributed by atoms with Crippen LogP contribution in [0.3, 0.4) is 0 Å². The van der Waals surface area contributed by atoms with E-state index in [-0.39, 0.29) is 4.90 Å². The molecule has 0 bridgehead atoms. The highest BCUT2D eigenvalue weighted by Crippen LogP contribution is 2.22. The summed E-state index contributed by atoms with van der Waals surface area (Å²) in [6.45, 7) is 0.495. The van der Waals surface area contributed by atoms with Crippen LogP contribution in [0.2, 0.25) is 0 Å². The molecule has 0 aliphatic heterocycles. The number of methoxy groups -OCH3 is 1. The van der Waals surface area contributed by atoms with Gasteiger partial charge in [-0.15, -0.1) is 0 Å². The Morgan fingerprint density at radius 3 is 2.62 bits per heavy atom. The maximum Gasteiger partial charge on any atom is 0.240 e. The summed E-state index contributed by atoms with van der Waals surface area (Å²) < 4.78 is 30.5. The van der Waals surface area contributed by atoms with Gasteiger partial charge in [-0.25, -0.2) is 13.1 Å². The third-order valence-corrected chi connectivity index (χ3v) is 3.66. The molecular weight excluding hydrogens is 228 g/mol. The first-order valence-electron chi connectivity index (χ1n) is 4.85. The van der Waals surface area contributed by atoms with Gasteiger partial charge in [-0.3, -0.25) is 0 Å². The maximum atomic E-state index is 11.5. The van der Waals surface area contributed by atoms with Gasteiger partial charge in [0.15, 0.2) is 0 Å². The van der Waals surface area contributed by atoms with Gasteiger partial charge in [0.25, 0.3) is 0 Å². The number of benzene rings is 1. The number of sulfonamides is 1. The predicted molar refractivity (Wildman–Crippen MR) is 62.0 cm³/mol. The van der Waals surface area contributed by atoms with Crippen molar-refractivity contribution in [2.75, 3.05) is 20.7 Å². The topological polar surface area (TPSA) is 81.4 Å². The summed E-state index contributed by atoms with van der Waals surface area (Å²) in [6.07, 6.45) is 0.656. The molecule has 0 amide bonds. The highest BCUT2D eigenvalue weighted by atomic mass is 32.2. The molecule has 0 spiro atoms. The Hall–Kier alpha value is -1.11. The van der Waals surface area contributed by atoms with E-state index in [1.807, 2.05) is 0 Å². The summed E-state index contributed by atoms with van der Waals surface area (Å²) in [6, 6.07) is 4.76. The second-order valence-corrected chi connectivity index (χ2v) is 5.11. The molecule has 0 saturated carbocycles. The van der Waals surface area contributed by atoms with Gasteiger partial charge < -0.3 is 10.5 Å². The van der Waals surface area contributed by atoms with Crippen molar-refractivity contribution in [2.45, 2.75) is 11.3 Å². The Kier molecular flexibility index (Phi) is 4.28. The first kappa shape index (κ1) is 13.0. The van der Waals surface area contributed by atoms with Crippen LogP contribution in [0.15, 0.2) is 23.1 Å². The highest BCUT2D eigenvalue weighted by Gasteiger charge is 2.13. The Balaban J connectivity index is 3.19. The molecule has 16 heavy (non-hydrogen) atoms. The van der Waals surface area contributed by atoms with Gasteiger partial charge in [0, 0.05) is 6.07 Å². The molecule has 0 unspecified atom stereocenters. The van der Waals surface area contributed by atoms with Gasteiger partial charge >= 0.3 is 0 Å². The number of hydrogen-bond donors (Lipinski definition) is 2. The summed E-state index contributed by atoms with van der Waals surface area (Å²) in [5.41, 5.74) is 6.35. The van der Waals surface area contributed by atoms with Crippen LogP contribution in [0.4, 0.5) is 0 Å². The van der Waals surface area contributed by atoms with Crippen LogP contribution in [-0.4, -0.2) is 29.1 Å². The van der Waals surface area contributed by atoms with Crippen LogP contribution in [0.1, 0.15) is 5.56 Å². The molecular formula is C10H16N2O3S. The molecule has 0 fully saturated rings. The van der Waals surface area contributed by atoms with E-state index in [0.717, 1.165) is 5.56 Å². The average molecular weight is 244 g/mol. The summed E-state index contributed by atoms with van der Waals surface area (Å²) in [7, 11) is -0.548. The van der Waals surface area contributed by atoms with Crippen LogP contribution in [0.25, 0.3) is 0 Å². The molecule has 0 atom stereocenters. The number of rotatable bonds is 5. The zero-order valence-electron chi connectivity index (χ0n) is 9.36. The largest absolute Gasteiger partial charge is 0.496 e. The normalized spacial score (nSPS) is 11.4. The van der Waals surface area contributed by atoms with Gasteiger partial charge in [-0.2, -0.15) is 0 Å². The summed E-state index contributed by atoms with van der Waals surface area (Å²) >= 11 is 0. The van der Waals surface area contributed by atoms with E-state index in [9.17, 15) is 8.42 Å². The highest BCUT2D eigenvalue weighted by molar-refractivity contribution is 7.89. The first-order valence-corrected chi connectivity index (χ1v) is 6.34. The SMILES string of the molecule is CNS(=O)(=O)c1ccc(CCN)c(OC)c1. The quantitative estimate of drug-likeness (QED) is 0.770. The third kappa shape index (κ3) is 2.72. The molecule has 0 heterocycles. The molecule has 0 saturated heterocycles. The summed E-state index contributed by atoms with van der Waals surface area (Å²) in [5, 5.41) is 0. The first-order chi connectivity index (χ1) is 7.55. The van der Waals surface area contributed by atoms with Gasteiger partial charge in [0.1, 0.15) is 5.75 Å². The van der Waals surface area contributed by atoms with Crippen LogP contribution in [-0.2, 0) is 16.4 Å². The maximum absolute atomic E-state index is 11.5. The van der Waals surface area contributed by atoms with Crippen molar-refractivity contribution in [3.05, 3.63) is 23.8 Å². The zero-order valence-corrected chi connectivity index (χ0v) is 10.2. The lowest BCUT2D eigenvalue weighted by molar-refractivity contribution is 0.408. The average Bonchev–Trinajstić information content (AvgIpc) is 2.29. The molecule has 6 heteroatoms. The Labute approximate surface area is 95.7 Å². The molecule has 90 valence electrons. The van der Waals surface area contributed by atoms with Gasteiger partial charge in [0.05, 0.1) is 12.0 Å². The van der Waals surface area contributed by atoms with E-state index < -0.39 is 10.0 Å². The van der Waals surface area contributed by atoms with Gasteiger partial charge in [-0.05, 0) is 31.6 Å².